The molecule has 5 nitrogen and oxygen atoms in total. The topological polar surface area (TPSA) is 64.2 Å². The summed E-state index contributed by atoms with van der Waals surface area (Å²) in [5.74, 6) is -0.279. The van der Waals surface area contributed by atoms with Crippen molar-refractivity contribution in [3.63, 3.8) is 0 Å². The van der Waals surface area contributed by atoms with Gasteiger partial charge in [-0.15, -0.1) is 12.4 Å². The highest BCUT2D eigenvalue weighted by Gasteiger charge is 2.27. The molecular formula is C19H26ClFN4O. The van der Waals surface area contributed by atoms with E-state index in [4.69, 9.17) is 5.73 Å². The molecule has 1 saturated heterocycles. The molecule has 3 rings (SSSR count). The van der Waals surface area contributed by atoms with Crippen molar-refractivity contribution in [3.8, 4) is 5.69 Å². The quantitative estimate of drug-likeness (QED) is 0.888. The number of nitrogens with zero attached hydrogens (tertiary/aromatic N) is 3. The molecule has 0 aliphatic carbocycles. The molecule has 0 saturated carbocycles. The molecule has 7 heteroatoms. The zero-order chi connectivity index (χ0) is 18.1. The van der Waals surface area contributed by atoms with Crippen LogP contribution in [0.15, 0.2) is 24.3 Å². The van der Waals surface area contributed by atoms with Crippen molar-refractivity contribution in [1.29, 1.82) is 0 Å². The molecule has 2 heterocycles. The van der Waals surface area contributed by atoms with Crippen molar-refractivity contribution < 1.29 is 9.18 Å². The molecule has 1 amide bonds. The van der Waals surface area contributed by atoms with Gasteiger partial charge in [-0.1, -0.05) is 0 Å². The molecule has 1 fully saturated rings. The fourth-order valence-corrected chi connectivity index (χ4v) is 3.49. The van der Waals surface area contributed by atoms with Gasteiger partial charge in [-0.3, -0.25) is 4.79 Å². The van der Waals surface area contributed by atoms with Gasteiger partial charge in [0.1, 0.15) is 11.5 Å². The van der Waals surface area contributed by atoms with E-state index in [2.05, 4.69) is 5.10 Å². The number of aryl methyl sites for hydroxylation is 2. The Balaban J connectivity index is 0.00000243. The van der Waals surface area contributed by atoms with Gasteiger partial charge in [0.2, 0.25) is 0 Å². The number of hydrogen-bond acceptors (Lipinski definition) is 3. The number of nitrogens with two attached hydrogens (primary N) is 1. The standard InChI is InChI=1S/C19H25FN4O.ClH/c1-12-9-13(2)24(22-12)18-7-6-15(10-17(18)20)19(25)23-8-4-5-16(11-23)14(3)21;/h6-7,9-10,14,16H,4-5,8,11,21H2,1-3H3;1H. The zero-order valence-corrected chi connectivity index (χ0v) is 16.2. The zero-order valence-electron chi connectivity index (χ0n) is 15.4. The maximum Gasteiger partial charge on any atom is 0.253 e. The minimum atomic E-state index is -0.446. The van der Waals surface area contributed by atoms with Crippen LogP contribution in [0.1, 0.15) is 41.5 Å². The number of aromatic nitrogens is 2. The van der Waals surface area contributed by atoms with E-state index < -0.39 is 5.82 Å². The lowest BCUT2D eigenvalue weighted by molar-refractivity contribution is 0.0660. The molecule has 0 spiro atoms. The predicted octanol–water partition coefficient (Wildman–Crippen LogP) is 3.25. The van der Waals surface area contributed by atoms with Crippen LogP contribution in [-0.4, -0.2) is 39.7 Å². The summed E-state index contributed by atoms with van der Waals surface area (Å²) in [5.41, 5.74) is 8.39. The second kappa shape index (κ2) is 8.18. The Morgan fingerprint density at radius 3 is 2.65 bits per heavy atom. The largest absolute Gasteiger partial charge is 0.338 e. The number of benzene rings is 1. The minimum absolute atomic E-state index is 0. The second-order valence-corrected chi connectivity index (χ2v) is 7.02. The lowest BCUT2D eigenvalue weighted by Crippen LogP contribution is -2.45. The van der Waals surface area contributed by atoms with E-state index in [1.807, 2.05) is 26.8 Å². The molecule has 26 heavy (non-hydrogen) atoms. The SMILES string of the molecule is Cc1cc(C)n(-c2ccc(C(=O)N3CCCC(C(C)N)C3)cc2F)n1.Cl. The molecule has 2 N–H and O–H groups in total. The van der Waals surface area contributed by atoms with Gasteiger partial charge in [-0.25, -0.2) is 9.07 Å². The van der Waals surface area contributed by atoms with Gasteiger partial charge < -0.3 is 10.6 Å². The molecule has 0 radical (unpaired) electrons. The van der Waals surface area contributed by atoms with Crippen molar-refractivity contribution >= 4 is 18.3 Å². The van der Waals surface area contributed by atoms with Crippen LogP contribution in [0.4, 0.5) is 4.39 Å². The van der Waals surface area contributed by atoms with Crippen molar-refractivity contribution in [2.24, 2.45) is 11.7 Å². The van der Waals surface area contributed by atoms with E-state index in [9.17, 15) is 9.18 Å². The Bertz CT molecular complexity index is 790. The molecule has 2 aromatic rings. The summed E-state index contributed by atoms with van der Waals surface area (Å²) in [5, 5.41) is 4.30. The van der Waals surface area contributed by atoms with E-state index in [0.29, 0.717) is 30.3 Å². The van der Waals surface area contributed by atoms with Gasteiger partial charge in [0.15, 0.2) is 0 Å². The van der Waals surface area contributed by atoms with Crippen molar-refractivity contribution in [2.75, 3.05) is 13.1 Å². The van der Waals surface area contributed by atoms with E-state index >= 15 is 0 Å². The number of rotatable bonds is 3. The van der Waals surface area contributed by atoms with Crippen LogP contribution in [0.5, 0.6) is 0 Å². The summed E-state index contributed by atoms with van der Waals surface area (Å²) in [6, 6.07) is 6.55. The fourth-order valence-electron chi connectivity index (χ4n) is 3.49. The Hall–Kier alpha value is -1.92. The number of piperidine rings is 1. The average molecular weight is 381 g/mol. The molecule has 2 atom stereocenters. The first-order valence-electron chi connectivity index (χ1n) is 8.75. The van der Waals surface area contributed by atoms with Gasteiger partial charge in [0, 0.05) is 30.4 Å². The second-order valence-electron chi connectivity index (χ2n) is 7.02. The molecule has 0 bridgehead atoms. The lowest BCUT2D eigenvalue weighted by atomic mass is 9.92. The summed E-state index contributed by atoms with van der Waals surface area (Å²) < 4.78 is 16.2. The van der Waals surface area contributed by atoms with Crippen LogP contribution in [0, 0.1) is 25.6 Å². The molecule has 1 aromatic heterocycles. The van der Waals surface area contributed by atoms with E-state index in [1.165, 1.54) is 6.07 Å². The number of amides is 1. The highest BCUT2D eigenvalue weighted by Crippen LogP contribution is 2.22. The Morgan fingerprint density at radius 2 is 2.08 bits per heavy atom. The number of carbonyl (C=O) groups is 1. The lowest BCUT2D eigenvalue weighted by Gasteiger charge is -2.34. The number of hydrogen-bond donors (Lipinski definition) is 1. The minimum Gasteiger partial charge on any atom is -0.338 e. The number of halogens is 2. The van der Waals surface area contributed by atoms with Crippen LogP contribution < -0.4 is 5.73 Å². The van der Waals surface area contributed by atoms with E-state index in [1.54, 1.807) is 21.7 Å². The summed E-state index contributed by atoms with van der Waals surface area (Å²) in [6.45, 7) is 7.05. The molecule has 142 valence electrons. The van der Waals surface area contributed by atoms with Gasteiger partial charge in [-0.2, -0.15) is 5.10 Å². The van der Waals surface area contributed by atoms with Crippen LogP contribution in [0.25, 0.3) is 5.69 Å². The normalized spacial score (nSPS) is 18.3. The van der Waals surface area contributed by atoms with Crippen LogP contribution >= 0.6 is 12.4 Å². The number of likely N-dealkylation sites (tertiary alicyclic amines) is 1. The van der Waals surface area contributed by atoms with Gasteiger partial charge in [-0.05, 0) is 63.8 Å². The average Bonchev–Trinajstić information content (AvgIpc) is 2.92. The third-order valence-corrected chi connectivity index (χ3v) is 4.92. The van der Waals surface area contributed by atoms with Crippen LogP contribution in [0.3, 0.4) is 0 Å². The fraction of sp³-hybridized carbons (Fsp3) is 0.474. The highest BCUT2D eigenvalue weighted by atomic mass is 35.5. The van der Waals surface area contributed by atoms with Crippen molar-refractivity contribution in [2.45, 2.75) is 39.7 Å². The summed E-state index contributed by atoms with van der Waals surface area (Å²) in [6.07, 6.45) is 1.97. The predicted molar refractivity (Wildman–Crippen MR) is 103 cm³/mol. The Morgan fingerprint density at radius 1 is 1.35 bits per heavy atom. The first kappa shape index (κ1) is 20.4. The Kier molecular flexibility index (Phi) is 6.42. The van der Waals surface area contributed by atoms with Gasteiger partial charge >= 0.3 is 0 Å². The van der Waals surface area contributed by atoms with Crippen LogP contribution in [-0.2, 0) is 0 Å². The molecule has 1 aromatic carbocycles. The maximum absolute atomic E-state index is 14.6. The first-order chi connectivity index (χ1) is 11.9. The highest BCUT2D eigenvalue weighted by molar-refractivity contribution is 5.94. The Labute approximate surface area is 159 Å². The van der Waals surface area contributed by atoms with E-state index in [-0.39, 0.29) is 24.4 Å². The smallest absolute Gasteiger partial charge is 0.253 e. The van der Waals surface area contributed by atoms with Crippen LogP contribution in [0.2, 0.25) is 0 Å². The van der Waals surface area contributed by atoms with Gasteiger partial charge in [0.05, 0.1) is 5.69 Å². The molecular weight excluding hydrogens is 355 g/mol. The molecule has 1 aliphatic rings. The maximum atomic E-state index is 14.6. The summed E-state index contributed by atoms with van der Waals surface area (Å²) in [4.78, 5) is 14.5. The summed E-state index contributed by atoms with van der Waals surface area (Å²) >= 11 is 0. The molecule has 2 unspecified atom stereocenters. The summed E-state index contributed by atoms with van der Waals surface area (Å²) in [7, 11) is 0. The van der Waals surface area contributed by atoms with Gasteiger partial charge in [0.25, 0.3) is 5.91 Å². The molecule has 1 aliphatic heterocycles. The number of carbonyl (C=O) groups excluding carboxylic acids is 1. The first-order valence-corrected chi connectivity index (χ1v) is 8.75. The van der Waals surface area contributed by atoms with Crippen molar-refractivity contribution in [3.05, 3.63) is 47.0 Å². The third kappa shape index (κ3) is 4.07. The van der Waals surface area contributed by atoms with E-state index in [0.717, 1.165) is 24.2 Å². The monoisotopic (exact) mass is 380 g/mol. The third-order valence-electron chi connectivity index (χ3n) is 4.92. The van der Waals surface area contributed by atoms with Crippen molar-refractivity contribution in [1.82, 2.24) is 14.7 Å².